The third-order valence-corrected chi connectivity index (χ3v) is 9.48. The first-order valence-electron chi connectivity index (χ1n) is 13.7. The quantitative estimate of drug-likeness (QED) is 0.404. The van der Waals surface area contributed by atoms with Crippen LogP contribution in [0.1, 0.15) is 75.0 Å². The van der Waals surface area contributed by atoms with Gasteiger partial charge in [-0.3, -0.25) is 9.52 Å². The standard InChI is InChI=1S/C27H34N2O3S.C2HF3O2/c1-19-6-11-23(12-7-19)28-26(30)27(16-17-27)22-9-13-24(14-10-22)29-33(31,32)25-15-8-20-4-2-3-5-21(20)18-25;3-2(4,5)1(6)7/h8-10,13-15,18-19,23,29H,2-7,11-12,16-17H2,1H3,(H,28,30);(H,6,7). The molecule has 3 N–H and O–H groups in total. The van der Waals surface area contributed by atoms with Crippen LogP contribution < -0.4 is 10.0 Å². The first kappa shape index (κ1) is 29.9. The number of carbonyl (C=O) groups excluding carboxylic acids is 1. The highest BCUT2D eigenvalue weighted by Crippen LogP contribution is 2.49. The maximum atomic E-state index is 13.1. The molecule has 0 spiro atoms. The second-order valence-electron chi connectivity index (χ2n) is 11.1. The maximum Gasteiger partial charge on any atom is 0.490 e. The number of hydrogen-bond acceptors (Lipinski definition) is 4. The summed E-state index contributed by atoms with van der Waals surface area (Å²) in [7, 11) is -3.65. The number of sulfonamides is 1. The molecule has 2 saturated carbocycles. The van der Waals surface area contributed by atoms with Gasteiger partial charge >= 0.3 is 12.1 Å². The van der Waals surface area contributed by atoms with E-state index >= 15 is 0 Å². The van der Waals surface area contributed by atoms with Crippen LogP contribution in [0.3, 0.4) is 0 Å². The Morgan fingerprint density at radius 3 is 2.05 bits per heavy atom. The van der Waals surface area contributed by atoms with Gasteiger partial charge in [0.05, 0.1) is 10.3 Å². The lowest BCUT2D eigenvalue weighted by molar-refractivity contribution is -0.192. The Hall–Kier alpha value is -3.08. The number of aliphatic carboxylic acids is 1. The summed E-state index contributed by atoms with van der Waals surface area (Å²) in [4.78, 5) is 22.3. The third-order valence-electron chi connectivity index (χ3n) is 8.10. The van der Waals surface area contributed by atoms with Crippen LogP contribution in [0.2, 0.25) is 0 Å². The van der Waals surface area contributed by atoms with E-state index in [1.807, 2.05) is 24.3 Å². The molecule has 7 nitrogen and oxygen atoms in total. The molecule has 0 heterocycles. The van der Waals surface area contributed by atoms with E-state index in [2.05, 4.69) is 17.0 Å². The van der Waals surface area contributed by atoms with Gasteiger partial charge < -0.3 is 10.4 Å². The van der Waals surface area contributed by atoms with Crippen molar-refractivity contribution < 1.29 is 36.3 Å². The van der Waals surface area contributed by atoms with E-state index in [9.17, 15) is 26.4 Å². The smallest absolute Gasteiger partial charge is 0.475 e. The molecule has 0 saturated heterocycles. The lowest BCUT2D eigenvalue weighted by atomic mass is 9.86. The number of rotatable bonds is 6. The lowest BCUT2D eigenvalue weighted by Crippen LogP contribution is -2.43. The summed E-state index contributed by atoms with van der Waals surface area (Å²) in [6.45, 7) is 2.28. The number of carboxylic acids is 1. The number of halogens is 3. The molecule has 5 rings (SSSR count). The predicted octanol–water partition coefficient (Wildman–Crippen LogP) is 5.73. The number of benzene rings is 2. The van der Waals surface area contributed by atoms with Crippen molar-refractivity contribution in [2.45, 2.75) is 93.7 Å². The van der Waals surface area contributed by atoms with Gasteiger partial charge in [0.2, 0.25) is 5.91 Å². The van der Waals surface area contributed by atoms with Crippen molar-refractivity contribution in [1.82, 2.24) is 5.32 Å². The van der Waals surface area contributed by atoms with Crippen LogP contribution in [0.15, 0.2) is 47.4 Å². The van der Waals surface area contributed by atoms with Crippen molar-refractivity contribution in [1.29, 1.82) is 0 Å². The minimum atomic E-state index is -5.08. The number of carbonyl (C=O) groups is 2. The molecule has 2 aromatic carbocycles. The fraction of sp³-hybridized carbons (Fsp3) is 0.517. The number of amides is 1. The molecule has 3 aliphatic rings. The monoisotopic (exact) mass is 580 g/mol. The van der Waals surface area contributed by atoms with Gasteiger partial charge in [-0.05, 0) is 111 Å². The Morgan fingerprint density at radius 1 is 0.925 bits per heavy atom. The molecule has 3 aliphatic carbocycles. The second kappa shape index (κ2) is 11.8. The van der Waals surface area contributed by atoms with E-state index in [1.54, 1.807) is 18.2 Å². The lowest BCUT2D eigenvalue weighted by Gasteiger charge is -2.28. The van der Waals surface area contributed by atoms with E-state index < -0.39 is 27.6 Å². The second-order valence-corrected chi connectivity index (χ2v) is 12.8. The minimum absolute atomic E-state index is 0.129. The van der Waals surface area contributed by atoms with Gasteiger partial charge in [0.1, 0.15) is 0 Å². The summed E-state index contributed by atoms with van der Waals surface area (Å²) in [5.74, 6) is -1.87. The Kier molecular flexibility index (Phi) is 8.82. The van der Waals surface area contributed by atoms with Crippen molar-refractivity contribution in [3.05, 3.63) is 59.2 Å². The van der Waals surface area contributed by atoms with Gasteiger partial charge in [-0.25, -0.2) is 13.2 Å². The number of fused-ring (bicyclic) bond motifs is 1. The average molecular weight is 581 g/mol. The van der Waals surface area contributed by atoms with Crippen LogP contribution in [-0.2, 0) is 37.9 Å². The molecule has 2 aromatic rings. The van der Waals surface area contributed by atoms with Crippen molar-refractivity contribution in [3.8, 4) is 0 Å². The van der Waals surface area contributed by atoms with Gasteiger partial charge in [-0.1, -0.05) is 25.1 Å². The number of anilines is 1. The van der Waals surface area contributed by atoms with Gasteiger partial charge in [-0.2, -0.15) is 13.2 Å². The molecule has 1 amide bonds. The maximum absolute atomic E-state index is 13.1. The first-order valence-corrected chi connectivity index (χ1v) is 15.1. The number of hydrogen-bond donors (Lipinski definition) is 3. The topological polar surface area (TPSA) is 113 Å². The molecule has 40 heavy (non-hydrogen) atoms. The van der Waals surface area contributed by atoms with E-state index in [1.165, 1.54) is 24.8 Å². The molecule has 218 valence electrons. The fourth-order valence-electron chi connectivity index (χ4n) is 5.45. The van der Waals surface area contributed by atoms with Crippen molar-refractivity contribution in [2.75, 3.05) is 4.72 Å². The summed E-state index contributed by atoms with van der Waals surface area (Å²) in [6.07, 6.45) is 5.35. The van der Waals surface area contributed by atoms with Gasteiger partial charge in [-0.15, -0.1) is 0 Å². The van der Waals surface area contributed by atoms with Crippen LogP contribution >= 0.6 is 0 Å². The van der Waals surface area contributed by atoms with Crippen molar-refractivity contribution >= 4 is 27.6 Å². The van der Waals surface area contributed by atoms with E-state index in [0.717, 1.165) is 62.0 Å². The summed E-state index contributed by atoms with van der Waals surface area (Å²) >= 11 is 0. The zero-order chi connectivity index (χ0) is 29.1. The fourth-order valence-corrected chi connectivity index (χ4v) is 6.56. The molecule has 0 aliphatic heterocycles. The van der Waals surface area contributed by atoms with Crippen molar-refractivity contribution in [3.63, 3.8) is 0 Å². The minimum Gasteiger partial charge on any atom is -0.475 e. The highest BCUT2D eigenvalue weighted by atomic mass is 32.2. The third kappa shape index (κ3) is 7.16. The van der Waals surface area contributed by atoms with Crippen LogP contribution in [0.4, 0.5) is 18.9 Å². The highest BCUT2D eigenvalue weighted by molar-refractivity contribution is 7.92. The molecule has 0 radical (unpaired) electrons. The number of carboxylic acid groups (broad SMARTS) is 1. The molecule has 11 heteroatoms. The van der Waals surface area contributed by atoms with Crippen LogP contribution in [0.25, 0.3) is 0 Å². The highest BCUT2D eigenvalue weighted by Gasteiger charge is 2.51. The molecule has 0 atom stereocenters. The SMILES string of the molecule is CC1CCC(NC(=O)C2(c3ccc(NS(=O)(=O)c4ccc5c(c4)CCCC5)cc3)CC2)CC1.O=C(O)C(F)(F)F. The van der Waals surface area contributed by atoms with Crippen LogP contribution in [0.5, 0.6) is 0 Å². The summed E-state index contributed by atoms with van der Waals surface area (Å²) in [5.41, 5.74) is 3.46. The molecule has 0 bridgehead atoms. The predicted molar refractivity (Wildman–Crippen MR) is 144 cm³/mol. The normalized spacial score (nSPS) is 21.7. The number of alkyl halides is 3. The average Bonchev–Trinajstić information content (AvgIpc) is 3.72. The van der Waals surface area contributed by atoms with Crippen LogP contribution in [-0.4, -0.2) is 37.6 Å². The van der Waals surface area contributed by atoms with E-state index in [0.29, 0.717) is 10.6 Å². The van der Waals surface area contributed by atoms with Gasteiger partial charge in [0.15, 0.2) is 0 Å². The summed E-state index contributed by atoms with van der Waals surface area (Å²) in [6, 6.07) is 13.1. The van der Waals surface area contributed by atoms with Crippen LogP contribution in [0, 0.1) is 5.92 Å². The molecule has 2 fully saturated rings. The summed E-state index contributed by atoms with van der Waals surface area (Å²) < 4.78 is 60.4. The molecular formula is C29H35F3N2O5S. The molecular weight excluding hydrogens is 545 g/mol. The van der Waals surface area contributed by atoms with E-state index in [4.69, 9.17) is 9.90 Å². The Morgan fingerprint density at radius 2 is 1.50 bits per heavy atom. The van der Waals surface area contributed by atoms with Gasteiger partial charge in [0, 0.05) is 11.7 Å². The first-order chi connectivity index (χ1) is 18.8. The molecule has 0 aromatic heterocycles. The largest absolute Gasteiger partial charge is 0.490 e. The number of nitrogens with one attached hydrogen (secondary N) is 2. The molecule has 0 unspecified atom stereocenters. The Bertz CT molecular complexity index is 1330. The summed E-state index contributed by atoms with van der Waals surface area (Å²) in [5, 5.41) is 10.4. The van der Waals surface area contributed by atoms with Crippen molar-refractivity contribution in [2.24, 2.45) is 5.92 Å². The zero-order valence-electron chi connectivity index (χ0n) is 22.4. The van der Waals surface area contributed by atoms with Gasteiger partial charge in [0.25, 0.3) is 10.0 Å². The Balaban J connectivity index is 0.000000470. The zero-order valence-corrected chi connectivity index (χ0v) is 23.2. The number of aryl methyl sites for hydroxylation is 2. The Labute approximate surface area is 232 Å². The van der Waals surface area contributed by atoms with E-state index in [-0.39, 0.29) is 11.9 Å².